The minimum absolute atomic E-state index is 0.0653. The Hall–Kier alpha value is -1.88. The molecule has 1 heterocycles. The molecule has 2 aromatic rings. The van der Waals surface area contributed by atoms with Gasteiger partial charge in [-0.3, -0.25) is 4.79 Å². The number of carbonyl (C=O) groups is 1. The third kappa shape index (κ3) is 3.24. The second kappa shape index (κ2) is 6.26. The van der Waals surface area contributed by atoms with Crippen LogP contribution in [0.1, 0.15) is 44.5 Å². The van der Waals surface area contributed by atoms with Gasteiger partial charge in [-0.15, -0.1) is 11.3 Å². The summed E-state index contributed by atoms with van der Waals surface area (Å²) in [4.78, 5) is 17.7. The summed E-state index contributed by atoms with van der Waals surface area (Å²) < 4.78 is 0. The molecule has 0 aliphatic rings. The average molecular weight is 303 g/mol. The fourth-order valence-electron chi connectivity index (χ4n) is 2.42. The van der Waals surface area contributed by atoms with Crippen LogP contribution in [0.15, 0.2) is 18.2 Å². The van der Waals surface area contributed by atoms with E-state index in [0.29, 0.717) is 5.56 Å². The number of nitrogens with zero attached hydrogens (tertiary/aromatic N) is 1. The van der Waals surface area contributed by atoms with E-state index in [2.05, 4.69) is 29.5 Å². The van der Waals surface area contributed by atoms with Gasteiger partial charge in [0.25, 0.3) is 5.91 Å². The van der Waals surface area contributed by atoms with Crippen molar-refractivity contribution in [2.75, 3.05) is 12.4 Å². The molecule has 21 heavy (non-hydrogen) atoms. The Morgan fingerprint density at radius 1 is 1.29 bits per heavy atom. The highest BCUT2D eigenvalue weighted by Gasteiger charge is 2.16. The summed E-state index contributed by atoms with van der Waals surface area (Å²) >= 11 is 1.71. The lowest BCUT2D eigenvalue weighted by molar-refractivity contribution is 0.0962. The highest BCUT2D eigenvalue weighted by molar-refractivity contribution is 7.11. The van der Waals surface area contributed by atoms with Gasteiger partial charge >= 0.3 is 0 Å². The summed E-state index contributed by atoms with van der Waals surface area (Å²) in [7, 11) is 1.64. The molecule has 0 spiro atoms. The van der Waals surface area contributed by atoms with Crippen LogP contribution in [0, 0.1) is 20.8 Å². The number of amides is 1. The Morgan fingerprint density at radius 3 is 2.57 bits per heavy atom. The van der Waals surface area contributed by atoms with Crippen LogP contribution in [0.4, 0.5) is 5.69 Å². The van der Waals surface area contributed by atoms with Crippen LogP contribution in [-0.2, 0) is 0 Å². The maximum Gasteiger partial charge on any atom is 0.251 e. The minimum atomic E-state index is -0.0653. The molecular formula is C16H21N3OS. The van der Waals surface area contributed by atoms with Gasteiger partial charge in [-0.25, -0.2) is 4.98 Å². The quantitative estimate of drug-likeness (QED) is 0.907. The second-order valence-corrected chi connectivity index (χ2v) is 6.50. The molecule has 2 N–H and O–H groups in total. The molecule has 5 heteroatoms. The van der Waals surface area contributed by atoms with E-state index in [9.17, 15) is 4.79 Å². The molecule has 112 valence electrons. The van der Waals surface area contributed by atoms with E-state index in [1.165, 1.54) is 4.88 Å². The molecule has 1 aromatic carbocycles. The number of anilines is 1. The number of rotatable bonds is 4. The molecular weight excluding hydrogens is 282 g/mol. The zero-order chi connectivity index (χ0) is 15.6. The van der Waals surface area contributed by atoms with Crippen molar-refractivity contribution in [3.63, 3.8) is 0 Å². The van der Waals surface area contributed by atoms with Crippen molar-refractivity contribution in [2.45, 2.75) is 33.7 Å². The Bertz CT molecular complexity index is 664. The van der Waals surface area contributed by atoms with E-state index >= 15 is 0 Å². The number of hydrogen-bond acceptors (Lipinski definition) is 4. The van der Waals surface area contributed by atoms with Gasteiger partial charge in [0.1, 0.15) is 0 Å². The molecule has 0 radical (unpaired) electrons. The highest BCUT2D eigenvalue weighted by Crippen LogP contribution is 2.27. The molecule has 1 aromatic heterocycles. The van der Waals surface area contributed by atoms with Crippen LogP contribution in [0.3, 0.4) is 0 Å². The van der Waals surface area contributed by atoms with Gasteiger partial charge in [0.15, 0.2) is 0 Å². The van der Waals surface area contributed by atoms with Crippen molar-refractivity contribution in [3.8, 4) is 0 Å². The number of hydrogen-bond donors (Lipinski definition) is 2. The van der Waals surface area contributed by atoms with Crippen LogP contribution in [0.5, 0.6) is 0 Å². The number of aromatic nitrogens is 1. The standard InChI is InChI=1S/C16H21N3OS/c1-9-13(16(20)17-5)7-6-8-14(9)18-10(2)15-11(3)21-12(4)19-15/h6-8,10,18H,1-5H3,(H,17,20). The highest BCUT2D eigenvalue weighted by atomic mass is 32.1. The zero-order valence-corrected chi connectivity index (χ0v) is 13.9. The van der Waals surface area contributed by atoms with Crippen LogP contribution in [0.25, 0.3) is 0 Å². The summed E-state index contributed by atoms with van der Waals surface area (Å²) in [5.74, 6) is -0.0653. The first-order valence-electron chi connectivity index (χ1n) is 6.96. The van der Waals surface area contributed by atoms with Crippen LogP contribution >= 0.6 is 11.3 Å². The summed E-state index contributed by atoms with van der Waals surface area (Å²) in [6, 6.07) is 5.83. The summed E-state index contributed by atoms with van der Waals surface area (Å²) in [5.41, 5.74) is 3.69. The van der Waals surface area contributed by atoms with E-state index in [-0.39, 0.29) is 11.9 Å². The smallest absolute Gasteiger partial charge is 0.251 e. The fraction of sp³-hybridized carbons (Fsp3) is 0.375. The molecule has 0 aliphatic carbocycles. The number of thiazole rings is 1. The maximum absolute atomic E-state index is 11.9. The summed E-state index contributed by atoms with van der Waals surface area (Å²) in [6.07, 6.45) is 0. The van der Waals surface area contributed by atoms with Crippen molar-refractivity contribution < 1.29 is 4.79 Å². The van der Waals surface area contributed by atoms with Crippen LogP contribution < -0.4 is 10.6 Å². The SMILES string of the molecule is CNC(=O)c1cccc(NC(C)c2nc(C)sc2C)c1C. The van der Waals surface area contributed by atoms with Crippen LogP contribution in [-0.4, -0.2) is 17.9 Å². The Balaban J connectivity index is 2.27. The lowest BCUT2D eigenvalue weighted by Gasteiger charge is -2.17. The molecule has 1 amide bonds. The monoisotopic (exact) mass is 303 g/mol. The first-order valence-corrected chi connectivity index (χ1v) is 7.77. The third-order valence-electron chi connectivity index (χ3n) is 3.53. The van der Waals surface area contributed by atoms with E-state index in [0.717, 1.165) is 22.0 Å². The van der Waals surface area contributed by atoms with E-state index in [1.807, 2.05) is 32.0 Å². The topological polar surface area (TPSA) is 54.0 Å². The molecule has 0 fully saturated rings. The van der Waals surface area contributed by atoms with Gasteiger partial charge < -0.3 is 10.6 Å². The van der Waals surface area contributed by atoms with Gasteiger partial charge in [-0.05, 0) is 45.4 Å². The Morgan fingerprint density at radius 2 is 2.00 bits per heavy atom. The number of benzene rings is 1. The van der Waals surface area contributed by atoms with Crippen molar-refractivity contribution in [3.05, 3.63) is 44.9 Å². The largest absolute Gasteiger partial charge is 0.377 e. The third-order valence-corrected chi connectivity index (χ3v) is 4.43. The molecule has 0 aliphatic heterocycles. The Labute approximate surface area is 129 Å². The zero-order valence-electron chi connectivity index (χ0n) is 13.1. The van der Waals surface area contributed by atoms with E-state index < -0.39 is 0 Å². The molecule has 0 bridgehead atoms. The van der Waals surface area contributed by atoms with Gasteiger partial charge in [0.2, 0.25) is 0 Å². The fourth-order valence-corrected chi connectivity index (χ4v) is 3.34. The van der Waals surface area contributed by atoms with Gasteiger partial charge in [0.05, 0.1) is 16.7 Å². The van der Waals surface area contributed by atoms with Crippen molar-refractivity contribution in [1.29, 1.82) is 0 Å². The number of aryl methyl sites for hydroxylation is 2. The maximum atomic E-state index is 11.9. The average Bonchev–Trinajstić information content (AvgIpc) is 2.79. The van der Waals surface area contributed by atoms with Crippen molar-refractivity contribution in [2.24, 2.45) is 0 Å². The summed E-state index contributed by atoms with van der Waals surface area (Å²) in [6.45, 7) is 8.16. The normalized spacial score (nSPS) is 12.0. The predicted octanol–water partition coefficient (Wildman–Crippen LogP) is 3.60. The Kier molecular flexibility index (Phi) is 4.63. The molecule has 4 nitrogen and oxygen atoms in total. The van der Waals surface area contributed by atoms with Crippen LogP contribution in [0.2, 0.25) is 0 Å². The lowest BCUT2D eigenvalue weighted by atomic mass is 10.0. The summed E-state index contributed by atoms with van der Waals surface area (Å²) in [5, 5.41) is 7.21. The van der Waals surface area contributed by atoms with Crippen molar-refractivity contribution >= 4 is 22.9 Å². The molecule has 1 atom stereocenters. The second-order valence-electron chi connectivity index (χ2n) is 5.10. The molecule has 1 unspecified atom stereocenters. The minimum Gasteiger partial charge on any atom is -0.377 e. The van der Waals surface area contributed by atoms with E-state index in [4.69, 9.17) is 0 Å². The number of nitrogens with one attached hydrogen (secondary N) is 2. The first kappa shape index (κ1) is 15.5. The lowest BCUT2D eigenvalue weighted by Crippen LogP contribution is -2.19. The first-order chi connectivity index (χ1) is 9.93. The molecule has 2 rings (SSSR count). The van der Waals surface area contributed by atoms with Gasteiger partial charge in [-0.2, -0.15) is 0 Å². The predicted molar refractivity (Wildman–Crippen MR) is 88.2 cm³/mol. The van der Waals surface area contributed by atoms with Gasteiger partial charge in [0, 0.05) is 23.2 Å². The van der Waals surface area contributed by atoms with E-state index in [1.54, 1.807) is 18.4 Å². The molecule has 0 saturated heterocycles. The van der Waals surface area contributed by atoms with Gasteiger partial charge in [-0.1, -0.05) is 6.07 Å². The van der Waals surface area contributed by atoms with Crippen molar-refractivity contribution in [1.82, 2.24) is 10.3 Å². The molecule has 0 saturated carbocycles. The number of carbonyl (C=O) groups excluding carboxylic acids is 1.